The highest BCUT2D eigenvalue weighted by Crippen LogP contribution is 2.31. The molecule has 0 saturated heterocycles. The second-order valence-electron chi connectivity index (χ2n) is 4.26. The highest BCUT2D eigenvalue weighted by molar-refractivity contribution is 6.44. The third kappa shape index (κ3) is 6.00. The van der Waals surface area contributed by atoms with Gasteiger partial charge in [-0.15, -0.1) is 0 Å². The van der Waals surface area contributed by atoms with Gasteiger partial charge < -0.3 is 8.85 Å². The molecule has 1 atom stereocenters. The zero-order valence-electron chi connectivity index (χ0n) is 10.3. The van der Waals surface area contributed by atoms with E-state index in [0.29, 0.717) is 0 Å². The van der Waals surface area contributed by atoms with Crippen LogP contribution in [0.1, 0.15) is 46.5 Å². The maximum atomic E-state index is 5.92. The minimum absolute atomic E-state index is 0.789. The van der Waals surface area contributed by atoms with E-state index in [2.05, 4.69) is 26.8 Å². The molecule has 1 unspecified atom stereocenters. The molecule has 0 radical (unpaired) electrons. The van der Waals surface area contributed by atoms with Crippen LogP contribution < -0.4 is 0 Å². The maximum Gasteiger partial charge on any atom is 0.382 e. The van der Waals surface area contributed by atoms with Gasteiger partial charge in [0, 0.05) is 6.61 Å². The first-order valence-electron chi connectivity index (χ1n) is 6.23. The Labute approximate surface area is 95.5 Å². The van der Waals surface area contributed by atoms with E-state index in [4.69, 9.17) is 8.85 Å². The standard InChI is InChI=1S/C12H24O2Si/c1-4-6-9-15(13-5-2)14-11(3)10-12-7-8-12/h10,12,15H,4-9H2,1-3H3. The summed E-state index contributed by atoms with van der Waals surface area (Å²) in [4.78, 5) is 0. The predicted octanol–water partition coefficient (Wildman–Crippen LogP) is 3.37. The monoisotopic (exact) mass is 228 g/mol. The smallest absolute Gasteiger partial charge is 0.382 e. The molecule has 88 valence electrons. The van der Waals surface area contributed by atoms with Crippen LogP contribution in [0.5, 0.6) is 0 Å². The van der Waals surface area contributed by atoms with Gasteiger partial charge in [0.05, 0.1) is 5.76 Å². The Morgan fingerprint density at radius 2 is 2.13 bits per heavy atom. The maximum absolute atomic E-state index is 5.92. The second kappa shape index (κ2) is 7.07. The van der Waals surface area contributed by atoms with E-state index in [0.717, 1.165) is 24.3 Å². The van der Waals surface area contributed by atoms with Crippen molar-refractivity contribution in [1.82, 2.24) is 0 Å². The lowest BCUT2D eigenvalue weighted by Crippen LogP contribution is -2.21. The third-order valence-corrected chi connectivity index (χ3v) is 4.78. The van der Waals surface area contributed by atoms with E-state index in [-0.39, 0.29) is 0 Å². The number of hydrogen-bond donors (Lipinski definition) is 0. The summed E-state index contributed by atoms with van der Waals surface area (Å²) in [5, 5.41) is 0. The van der Waals surface area contributed by atoms with Gasteiger partial charge in [0.15, 0.2) is 0 Å². The molecule has 0 spiro atoms. The van der Waals surface area contributed by atoms with Crippen molar-refractivity contribution < 1.29 is 8.85 Å². The summed E-state index contributed by atoms with van der Waals surface area (Å²) in [6, 6.07) is 1.14. The van der Waals surface area contributed by atoms with E-state index in [1.165, 1.54) is 25.7 Å². The van der Waals surface area contributed by atoms with Crippen LogP contribution >= 0.6 is 0 Å². The molecular weight excluding hydrogens is 204 g/mol. The topological polar surface area (TPSA) is 18.5 Å². The van der Waals surface area contributed by atoms with Gasteiger partial charge >= 0.3 is 9.28 Å². The molecule has 0 bridgehead atoms. The first-order chi connectivity index (χ1) is 7.26. The average molecular weight is 228 g/mol. The van der Waals surface area contributed by atoms with Crippen molar-refractivity contribution in [3.8, 4) is 0 Å². The Hall–Kier alpha value is -0.283. The van der Waals surface area contributed by atoms with Crippen molar-refractivity contribution in [3.63, 3.8) is 0 Å². The van der Waals surface area contributed by atoms with Crippen molar-refractivity contribution >= 4 is 9.28 Å². The first kappa shape index (κ1) is 12.8. The van der Waals surface area contributed by atoms with Crippen molar-refractivity contribution in [2.24, 2.45) is 5.92 Å². The summed E-state index contributed by atoms with van der Waals surface area (Å²) in [5.74, 6) is 1.89. The van der Waals surface area contributed by atoms with Crippen LogP contribution in [0, 0.1) is 5.92 Å². The Morgan fingerprint density at radius 1 is 1.40 bits per heavy atom. The largest absolute Gasteiger partial charge is 0.526 e. The molecular formula is C12H24O2Si. The van der Waals surface area contributed by atoms with Crippen LogP contribution in [0.3, 0.4) is 0 Å². The molecule has 0 amide bonds. The van der Waals surface area contributed by atoms with Gasteiger partial charge in [0.2, 0.25) is 0 Å². The second-order valence-corrected chi connectivity index (χ2v) is 6.27. The zero-order valence-corrected chi connectivity index (χ0v) is 11.4. The lowest BCUT2D eigenvalue weighted by atomic mass is 10.3. The van der Waals surface area contributed by atoms with Crippen LogP contribution in [0.4, 0.5) is 0 Å². The molecule has 2 nitrogen and oxygen atoms in total. The van der Waals surface area contributed by atoms with E-state index >= 15 is 0 Å². The summed E-state index contributed by atoms with van der Waals surface area (Å²) < 4.78 is 11.6. The van der Waals surface area contributed by atoms with E-state index < -0.39 is 9.28 Å². The Morgan fingerprint density at radius 3 is 2.67 bits per heavy atom. The Kier molecular flexibility index (Phi) is 6.02. The van der Waals surface area contributed by atoms with E-state index in [1.54, 1.807) is 0 Å². The summed E-state index contributed by atoms with van der Waals surface area (Å²) >= 11 is 0. The number of allylic oxidation sites excluding steroid dienone is 2. The van der Waals surface area contributed by atoms with Crippen molar-refractivity contribution in [3.05, 3.63) is 11.8 Å². The summed E-state index contributed by atoms with van der Waals surface area (Å²) in [6.07, 6.45) is 7.41. The summed E-state index contributed by atoms with van der Waals surface area (Å²) in [5.41, 5.74) is 0. The molecule has 0 heterocycles. The van der Waals surface area contributed by atoms with Gasteiger partial charge in [0.1, 0.15) is 0 Å². The molecule has 1 aliphatic rings. The van der Waals surface area contributed by atoms with Crippen LogP contribution in [0.2, 0.25) is 6.04 Å². The van der Waals surface area contributed by atoms with Crippen LogP contribution in [-0.2, 0) is 8.85 Å². The van der Waals surface area contributed by atoms with Crippen molar-refractivity contribution in [2.75, 3.05) is 6.61 Å². The molecule has 1 fully saturated rings. The molecule has 0 aromatic heterocycles. The van der Waals surface area contributed by atoms with Gasteiger partial charge in [-0.1, -0.05) is 19.8 Å². The van der Waals surface area contributed by atoms with Crippen molar-refractivity contribution in [1.29, 1.82) is 0 Å². The molecule has 1 rings (SSSR count). The van der Waals surface area contributed by atoms with Gasteiger partial charge in [0.25, 0.3) is 0 Å². The van der Waals surface area contributed by atoms with Gasteiger partial charge in [-0.25, -0.2) is 0 Å². The quantitative estimate of drug-likeness (QED) is 0.468. The average Bonchev–Trinajstić information content (AvgIpc) is 2.98. The highest BCUT2D eigenvalue weighted by Gasteiger charge is 2.20. The molecule has 1 saturated carbocycles. The van der Waals surface area contributed by atoms with Crippen LogP contribution in [0.15, 0.2) is 11.8 Å². The van der Waals surface area contributed by atoms with Crippen LogP contribution in [-0.4, -0.2) is 15.9 Å². The Balaban J connectivity index is 2.27. The fourth-order valence-corrected chi connectivity index (χ4v) is 3.53. The fourth-order valence-electron chi connectivity index (χ4n) is 1.57. The molecule has 0 aromatic carbocycles. The van der Waals surface area contributed by atoms with Crippen LogP contribution in [0.25, 0.3) is 0 Å². The molecule has 1 aliphatic carbocycles. The third-order valence-electron chi connectivity index (χ3n) is 2.56. The predicted molar refractivity (Wildman–Crippen MR) is 66.1 cm³/mol. The lowest BCUT2D eigenvalue weighted by Gasteiger charge is -2.17. The summed E-state index contributed by atoms with van der Waals surface area (Å²) in [6.45, 7) is 7.13. The highest BCUT2D eigenvalue weighted by atomic mass is 28.3. The number of unbranched alkanes of at least 4 members (excludes halogenated alkanes) is 1. The number of rotatable bonds is 8. The summed E-state index contributed by atoms with van der Waals surface area (Å²) in [7, 11) is -1.41. The minimum Gasteiger partial charge on any atom is -0.526 e. The van der Waals surface area contributed by atoms with Gasteiger partial charge in [-0.05, 0) is 44.7 Å². The molecule has 15 heavy (non-hydrogen) atoms. The van der Waals surface area contributed by atoms with Crippen molar-refractivity contribution in [2.45, 2.75) is 52.5 Å². The normalized spacial score (nSPS) is 19.0. The Bertz CT molecular complexity index is 200. The number of hydrogen-bond acceptors (Lipinski definition) is 2. The van der Waals surface area contributed by atoms with Gasteiger partial charge in [-0.3, -0.25) is 0 Å². The molecule has 0 N–H and O–H groups in total. The minimum atomic E-state index is -1.41. The molecule has 0 aromatic rings. The SMILES string of the molecule is CCCC[SiH](OCC)OC(C)=CC1CC1. The van der Waals surface area contributed by atoms with Gasteiger partial charge in [-0.2, -0.15) is 0 Å². The lowest BCUT2D eigenvalue weighted by molar-refractivity contribution is 0.245. The zero-order chi connectivity index (χ0) is 11.1. The van der Waals surface area contributed by atoms with E-state index in [1.807, 2.05) is 0 Å². The first-order valence-corrected chi connectivity index (χ1v) is 7.98. The molecule has 0 aliphatic heterocycles. The van der Waals surface area contributed by atoms with E-state index in [9.17, 15) is 0 Å². The fraction of sp³-hybridized carbons (Fsp3) is 0.833. The molecule has 3 heteroatoms.